The molecule has 0 radical (unpaired) electrons. The van der Waals surface area contributed by atoms with Gasteiger partial charge in [0.05, 0.1) is 0 Å². The van der Waals surface area contributed by atoms with Crippen molar-refractivity contribution in [2.45, 2.75) is 33.1 Å². The molecule has 0 bridgehead atoms. The lowest BCUT2D eigenvalue weighted by atomic mass is 9.82. The first kappa shape index (κ1) is 13.9. The van der Waals surface area contributed by atoms with Crippen LogP contribution < -0.4 is 0 Å². The zero-order valence-corrected chi connectivity index (χ0v) is 13.1. The fourth-order valence-corrected chi connectivity index (χ4v) is 3.27. The Bertz CT molecular complexity index is 671. The van der Waals surface area contributed by atoms with E-state index >= 15 is 0 Å². The molecule has 3 rings (SSSR count). The van der Waals surface area contributed by atoms with Crippen molar-refractivity contribution in [3.05, 3.63) is 94.1 Å². The Morgan fingerprint density at radius 1 is 0.810 bits per heavy atom. The quantitative estimate of drug-likeness (QED) is 0.672. The Morgan fingerprint density at radius 3 is 1.81 bits per heavy atom. The van der Waals surface area contributed by atoms with Crippen molar-refractivity contribution in [1.29, 1.82) is 0 Å². The highest BCUT2D eigenvalue weighted by molar-refractivity contribution is 5.48. The highest BCUT2D eigenvalue weighted by atomic mass is 14.3. The molecule has 2 aromatic carbocycles. The van der Waals surface area contributed by atoms with Crippen LogP contribution in [0, 0.1) is 13.8 Å². The summed E-state index contributed by atoms with van der Waals surface area (Å²) in [6.45, 7) is 6.58. The maximum atomic E-state index is 2.33. The molecule has 2 aromatic rings. The van der Waals surface area contributed by atoms with Crippen LogP contribution in [0.4, 0.5) is 0 Å². The van der Waals surface area contributed by atoms with Gasteiger partial charge in [0.2, 0.25) is 0 Å². The zero-order valence-electron chi connectivity index (χ0n) is 13.1. The van der Waals surface area contributed by atoms with Crippen LogP contribution in [0.3, 0.4) is 0 Å². The fourth-order valence-electron chi connectivity index (χ4n) is 3.27. The van der Waals surface area contributed by atoms with Crippen LogP contribution in [0.1, 0.15) is 41.5 Å². The molecule has 21 heavy (non-hydrogen) atoms. The molecular formula is C21H22. The molecule has 0 saturated carbocycles. The van der Waals surface area contributed by atoms with Crippen molar-refractivity contribution in [2.75, 3.05) is 0 Å². The van der Waals surface area contributed by atoms with Gasteiger partial charge in [-0.2, -0.15) is 0 Å². The minimum Gasteiger partial charge on any atom is -0.0802 e. The van der Waals surface area contributed by atoms with Crippen molar-refractivity contribution >= 4 is 0 Å². The molecule has 0 spiro atoms. The lowest BCUT2D eigenvalue weighted by molar-refractivity contribution is 0.904. The van der Waals surface area contributed by atoms with Gasteiger partial charge in [-0.05, 0) is 38.3 Å². The number of hydrogen-bond donors (Lipinski definition) is 0. The Labute approximate surface area is 127 Å². The normalized spacial score (nSPS) is 14.3. The van der Waals surface area contributed by atoms with Gasteiger partial charge in [-0.25, -0.2) is 0 Å². The summed E-state index contributed by atoms with van der Waals surface area (Å²) in [5.74, 6) is 0.375. The van der Waals surface area contributed by atoms with Crippen molar-refractivity contribution < 1.29 is 0 Å². The molecule has 0 amide bonds. The minimum atomic E-state index is 0.375. The van der Waals surface area contributed by atoms with Gasteiger partial charge in [-0.3, -0.25) is 0 Å². The van der Waals surface area contributed by atoms with Crippen LogP contribution in [-0.4, -0.2) is 0 Å². The molecule has 1 aliphatic rings. The van der Waals surface area contributed by atoms with Crippen LogP contribution >= 0.6 is 0 Å². The molecule has 0 aliphatic heterocycles. The van der Waals surface area contributed by atoms with Crippen molar-refractivity contribution in [3.63, 3.8) is 0 Å². The summed E-state index contributed by atoms with van der Waals surface area (Å²) in [5, 5.41) is 0. The van der Waals surface area contributed by atoms with E-state index < -0.39 is 0 Å². The second-order valence-electron chi connectivity index (χ2n) is 6.08. The number of benzene rings is 2. The van der Waals surface area contributed by atoms with Gasteiger partial charge < -0.3 is 0 Å². The molecule has 0 nitrogen and oxygen atoms in total. The second kappa shape index (κ2) is 5.73. The molecule has 0 N–H and O–H groups in total. The standard InChI is InChI=1S/C21H22/c1-15-7-4-10-18(13-15)21(20-12-6-9-17(20)3)19-11-5-8-16(2)14-19/h4-11,13-14,21H,12H2,1-3H3. The summed E-state index contributed by atoms with van der Waals surface area (Å²) in [4.78, 5) is 0. The lowest BCUT2D eigenvalue weighted by Gasteiger charge is -2.22. The van der Waals surface area contributed by atoms with Gasteiger partial charge in [-0.15, -0.1) is 0 Å². The van der Waals surface area contributed by atoms with E-state index in [-0.39, 0.29) is 0 Å². The van der Waals surface area contributed by atoms with Crippen LogP contribution in [-0.2, 0) is 0 Å². The van der Waals surface area contributed by atoms with Gasteiger partial charge in [0.25, 0.3) is 0 Å². The first-order valence-electron chi connectivity index (χ1n) is 7.64. The first-order valence-corrected chi connectivity index (χ1v) is 7.64. The van der Waals surface area contributed by atoms with Gasteiger partial charge in [-0.1, -0.05) is 83.0 Å². The summed E-state index contributed by atoms with van der Waals surface area (Å²) in [6.07, 6.45) is 5.61. The molecular weight excluding hydrogens is 252 g/mol. The fraction of sp³-hybridized carbons (Fsp3) is 0.238. The third-order valence-electron chi connectivity index (χ3n) is 4.31. The Morgan fingerprint density at radius 2 is 1.38 bits per heavy atom. The molecule has 0 fully saturated rings. The predicted octanol–water partition coefficient (Wildman–Crippen LogP) is 5.71. The van der Waals surface area contributed by atoms with E-state index in [1.54, 1.807) is 0 Å². The van der Waals surface area contributed by atoms with Crippen LogP contribution in [0.25, 0.3) is 0 Å². The molecule has 106 valence electrons. The molecule has 0 saturated heterocycles. The Kier molecular flexibility index (Phi) is 3.79. The molecule has 0 atom stereocenters. The summed E-state index contributed by atoms with van der Waals surface area (Å²) in [7, 11) is 0. The summed E-state index contributed by atoms with van der Waals surface area (Å²) in [5.41, 5.74) is 8.41. The highest BCUT2D eigenvalue weighted by Gasteiger charge is 2.21. The highest BCUT2D eigenvalue weighted by Crippen LogP contribution is 2.38. The van der Waals surface area contributed by atoms with E-state index in [9.17, 15) is 0 Å². The molecule has 0 aromatic heterocycles. The first-order chi connectivity index (χ1) is 10.1. The van der Waals surface area contributed by atoms with Crippen LogP contribution in [0.15, 0.2) is 71.8 Å². The number of aryl methyl sites for hydroxylation is 2. The molecule has 0 heterocycles. The van der Waals surface area contributed by atoms with E-state index in [4.69, 9.17) is 0 Å². The summed E-state index contributed by atoms with van der Waals surface area (Å²) in [6, 6.07) is 17.9. The van der Waals surface area contributed by atoms with Crippen LogP contribution in [0.5, 0.6) is 0 Å². The lowest BCUT2D eigenvalue weighted by Crippen LogP contribution is -2.05. The monoisotopic (exact) mass is 274 g/mol. The molecule has 0 unspecified atom stereocenters. The predicted molar refractivity (Wildman–Crippen MR) is 90.7 cm³/mol. The smallest absolute Gasteiger partial charge is 0.0307 e. The largest absolute Gasteiger partial charge is 0.0802 e. The number of allylic oxidation sites excluding steroid dienone is 4. The third kappa shape index (κ3) is 2.85. The summed E-state index contributed by atoms with van der Waals surface area (Å²) < 4.78 is 0. The minimum absolute atomic E-state index is 0.375. The number of rotatable bonds is 3. The van der Waals surface area contributed by atoms with E-state index in [0.717, 1.165) is 6.42 Å². The SMILES string of the molecule is CC1=C(C(c2cccc(C)c2)c2cccc(C)c2)CC=C1. The van der Waals surface area contributed by atoms with Crippen molar-refractivity contribution in [3.8, 4) is 0 Å². The van der Waals surface area contributed by atoms with Crippen LogP contribution in [0.2, 0.25) is 0 Å². The van der Waals surface area contributed by atoms with Gasteiger partial charge in [0.15, 0.2) is 0 Å². The van der Waals surface area contributed by atoms with E-state index in [1.807, 2.05) is 0 Å². The van der Waals surface area contributed by atoms with Crippen molar-refractivity contribution in [1.82, 2.24) is 0 Å². The van der Waals surface area contributed by atoms with Crippen molar-refractivity contribution in [2.24, 2.45) is 0 Å². The van der Waals surface area contributed by atoms with Gasteiger partial charge in [0, 0.05) is 5.92 Å². The average Bonchev–Trinajstić information content (AvgIpc) is 2.86. The summed E-state index contributed by atoms with van der Waals surface area (Å²) >= 11 is 0. The maximum Gasteiger partial charge on any atom is 0.0307 e. The molecule has 0 heteroatoms. The van der Waals surface area contributed by atoms with E-state index in [2.05, 4.69) is 81.5 Å². The third-order valence-corrected chi connectivity index (χ3v) is 4.31. The topological polar surface area (TPSA) is 0 Å². The van der Waals surface area contributed by atoms with E-state index in [1.165, 1.54) is 33.4 Å². The van der Waals surface area contributed by atoms with Gasteiger partial charge >= 0.3 is 0 Å². The molecule has 1 aliphatic carbocycles. The maximum absolute atomic E-state index is 2.33. The Hall–Kier alpha value is -2.08. The Balaban J connectivity index is 2.14. The average molecular weight is 274 g/mol. The second-order valence-corrected chi connectivity index (χ2v) is 6.08. The van der Waals surface area contributed by atoms with E-state index in [0.29, 0.717) is 5.92 Å². The zero-order chi connectivity index (χ0) is 14.8. The van der Waals surface area contributed by atoms with Gasteiger partial charge in [0.1, 0.15) is 0 Å². The number of hydrogen-bond acceptors (Lipinski definition) is 0.